The molecule has 1 aromatic rings. The van der Waals surface area contributed by atoms with Gasteiger partial charge in [-0.1, -0.05) is 28.1 Å². The average molecular weight is 370 g/mol. The minimum Gasteiger partial charge on any atom is -0.480 e. The summed E-state index contributed by atoms with van der Waals surface area (Å²) in [5, 5.41) is 9.05. The molecule has 2 rings (SSSR count). The van der Waals surface area contributed by atoms with E-state index in [2.05, 4.69) is 15.9 Å². The van der Waals surface area contributed by atoms with Crippen LogP contribution < -0.4 is 0 Å². The molecule has 0 radical (unpaired) electrons. The highest BCUT2D eigenvalue weighted by molar-refractivity contribution is 9.10. The van der Waals surface area contributed by atoms with Crippen LogP contribution >= 0.6 is 15.9 Å². The maximum absolute atomic E-state index is 12.4. The van der Waals surface area contributed by atoms with Crippen LogP contribution in [0.25, 0.3) is 0 Å². The van der Waals surface area contributed by atoms with Gasteiger partial charge < -0.3 is 14.7 Å². The summed E-state index contributed by atoms with van der Waals surface area (Å²) < 4.78 is 6.20. The fourth-order valence-corrected chi connectivity index (χ4v) is 3.02. The lowest BCUT2D eigenvalue weighted by Crippen LogP contribution is -2.36. The van der Waals surface area contributed by atoms with Crippen molar-refractivity contribution in [2.45, 2.75) is 25.8 Å². The molecule has 5 nitrogen and oxygen atoms in total. The molecule has 0 spiro atoms. The van der Waals surface area contributed by atoms with Crippen molar-refractivity contribution in [1.29, 1.82) is 0 Å². The number of carbonyl (C=O) groups excluding carboxylic acids is 1. The Morgan fingerprint density at radius 3 is 2.68 bits per heavy atom. The first-order valence-corrected chi connectivity index (χ1v) is 8.15. The number of carboxylic acids is 1. The van der Waals surface area contributed by atoms with Gasteiger partial charge in [0.05, 0.1) is 0 Å². The van der Waals surface area contributed by atoms with Gasteiger partial charge >= 0.3 is 5.97 Å². The fraction of sp³-hybridized carbons (Fsp3) is 0.500. The summed E-state index contributed by atoms with van der Waals surface area (Å²) in [7, 11) is 0. The first-order chi connectivity index (χ1) is 10.5. The van der Waals surface area contributed by atoms with E-state index in [-0.39, 0.29) is 12.5 Å². The third-order valence-electron chi connectivity index (χ3n) is 3.75. The van der Waals surface area contributed by atoms with Crippen LogP contribution in [-0.2, 0) is 20.9 Å². The van der Waals surface area contributed by atoms with Crippen LogP contribution in [0.15, 0.2) is 28.7 Å². The number of halogens is 1. The van der Waals surface area contributed by atoms with E-state index in [9.17, 15) is 9.59 Å². The van der Waals surface area contributed by atoms with Crippen LogP contribution in [0, 0.1) is 5.92 Å². The highest BCUT2D eigenvalue weighted by Crippen LogP contribution is 2.20. The van der Waals surface area contributed by atoms with E-state index in [1.165, 1.54) is 4.90 Å². The van der Waals surface area contributed by atoms with Crippen LogP contribution in [0.3, 0.4) is 0 Å². The molecule has 1 fully saturated rings. The van der Waals surface area contributed by atoms with Crippen LogP contribution in [0.1, 0.15) is 24.8 Å². The van der Waals surface area contributed by atoms with E-state index in [0.29, 0.717) is 32.1 Å². The van der Waals surface area contributed by atoms with Crippen molar-refractivity contribution in [2.24, 2.45) is 5.92 Å². The highest BCUT2D eigenvalue weighted by atomic mass is 79.9. The number of ether oxygens (including phenoxy) is 1. The summed E-state index contributed by atoms with van der Waals surface area (Å²) in [5.41, 5.74) is 0.913. The number of carbonyl (C=O) groups is 2. The molecule has 1 aliphatic rings. The lowest BCUT2D eigenvalue weighted by Gasteiger charge is -2.26. The Morgan fingerprint density at radius 1 is 1.32 bits per heavy atom. The second-order valence-electron chi connectivity index (χ2n) is 5.53. The Bertz CT molecular complexity index is 529. The van der Waals surface area contributed by atoms with Crippen molar-refractivity contribution in [3.05, 3.63) is 34.3 Å². The predicted octanol–water partition coefficient (Wildman–Crippen LogP) is 2.68. The number of carboxylic acid groups (broad SMARTS) is 1. The minimum absolute atomic E-state index is 0.103. The summed E-state index contributed by atoms with van der Waals surface area (Å²) in [4.78, 5) is 24.9. The number of rotatable bonds is 6. The van der Waals surface area contributed by atoms with Crippen LogP contribution in [-0.4, -0.2) is 41.6 Å². The molecule has 0 bridgehead atoms. The molecule has 0 aliphatic carbocycles. The van der Waals surface area contributed by atoms with Crippen LogP contribution in [0.2, 0.25) is 0 Å². The number of benzene rings is 1. The molecule has 1 amide bonds. The van der Waals surface area contributed by atoms with Gasteiger partial charge in [0.2, 0.25) is 5.91 Å². The lowest BCUT2D eigenvalue weighted by molar-refractivity contribution is -0.145. The monoisotopic (exact) mass is 369 g/mol. The van der Waals surface area contributed by atoms with Gasteiger partial charge in [0, 0.05) is 30.7 Å². The first kappa shape index (κ1) is 17.0. The van der Waals surface area contributed by atoms with Gasteiger partial charge in [-0.2, -0.15) is 0 Å². The molecule has 0 atom stereocenters. The zero-order valence-electron chi connectivity index (χ0n) is 12.3. The Labute approximate surface area is 138 Å². The quantitative estimate of drug-likeness (QED) is 0.836. The number of hydrogen-bond acceptors (Lipinski definition) is 3. The normalized spacial score (nSPS) is 15.5. The average Bonchev–Trinajstić information content (AvgIpc) is 2.47. The molecule has 1 aliphatic heterocycles. The van der Waals surface area contributed by atoms with Gasteiger partial charge in [0.1, 0.15) is 6.54 Å². The summed E-state index contributed by atoms with van der Waals surface area (Å²) >= 11 is 3.39. The van der Waals surface area contributed by atoms with E-state index >= 15 is 0 Å². The molecule has 1 saturated heterocycles. The van der Waals surface area contributed by atoms with Gasteiger partial charge in [-0.15, -0.1) is 0 Å². The first-order valence-electron chi connectivity index (χ1n) is 7.36. The van der Waals surface area contributed by atoms with Crippen molar-refractivity contribution < 1.29 is 19.4 Å². The van der Waals surface area contributed by atoms with Crippen molar-refractivity contribution in [2.75, 3.05) is 19.8 Å². The van der Waals surface area contributed by atoms with E-state index in [1.807, 2.05) is 24.3 Å². The third-order valence-corrected chi connectivity index (χ3v) is 4.24. The second kappa shape index (κ2) is 8.29. The highest BCUT2D eigenvalue weighted by Gasteiger charge is 2.23. The van der Waals surface area contributed by atoms with Gasteiger partial charge in [0.15, 0.2) is 0 Å². The summed E-state index contributed by atoms with van der Waals surface area (Å²) in [5.74, 6) is -0.801. The van der Waals surface area contributed by atoms with E-state index in [0.717, 1.165) is 22.9 Å². The zero-order valence-corrected chi connectivity index (χ0v) is 13.9. The maximum Gasteiger partial charge on any atom is 0.323 e. The standard InChI is InChI=1S/C16H20BrNO4/c17-14-3-1-2-13(8-14)10-18(11-16(20)21)15(19)9-12-4-6-22-7-5-12/h1-3,8,12H,4-7,9-11H2,(H,20,21). The SMILES string of the molecule is O=C(O)CN(Cc1cccc(Br)c1)C(=O)CC1CCOCC1. The number of amides is 1. The molecule has 1 N–H and O–H groups in total. The number of aliphatic carboxylic acids is 1. The van der Waals surface area contributed by atoms with Crippen molar-refractivity contribution in [3.8, 4) is 0 Å². The summed E-state index contributed by atoms with van der Waals surface area (Å²) in [6, 6.07) is 7.56. The Morgan fingerprint density at radius 2 is 2.05 bits per heavy atom. The molecule has 1 heterocycles. The Balaban J connectivity index is 2.00. The molecule has 120 valence electrons. The molecular weight excluding hydrogens is 350 g/mol. The van der Waals surface area contributed by atoms with Crippen molar-refractivity contribution in [1.82, 2.24) is 4.90 Å². The summed E-state index contributed by atoms with van der Waals surface area (Å²) in [6.45, 7) is 1.41. The zero-order chi connectivity index (χ0) is 15.9. The minimum atomic E-state index is -0.990. The molecular formula is C16H20BrNO4. The smallest absolute Gasteiger partial charge is 0.323 e. The lowest BCUT2D eigenvalue weighted by atomic mass is 9.96. The Hall–Kier alpha value is -1.40. The van der Waals surface area contributed by atoms with Crippen molar-refractivity contribution in [3.63, 3.8) is 0 Å². The van der Waals surface area contributed by atoms with Gasteiger partial charge in [-0.05, 0) is 36.5 Å². The largest absolute Gasteiger partial charge is 0.480 e. The van der Waals surface area contributed by atoms with Crippen LogP contribution in [0.5, 0.6) is 0 Å². The van der Waals surface area contributed by atoms with Gasteiger partial charge in [0.25, 0.3) is 0 Å². The molecule has 0 unspecified atom stereocenters. The van der Waals surface area contributed by atoms with E-state index < -0.39 is 5.97 Å². The van der Waals surface area contributed by atoms with E-state index in [4.69, 9.17) is 9.84 Å². The van der Waals surface area contributed by atoms with Gasteiger partial charge in [-0.25, -0.2) is 0 Å². The Kier molecular flexibility index (Phi) is 6.39. The third kappa shape index (κ3) is 5.42. The molecule has 0 aromatic heterocycles. The molecule has 0 saturated carbocycles. The fourth-order valence-electron chi connectivity index (χ4n) is 2.58. The predicted molar refractivity (Wildman–Crippen MR) is 85.4 cm³/mol. The molecule has 6 heteroatoms. The topological polar surface area (TPSA) is 66.8 Å². The number of hydrogen-bond donors (Lipinski definition) is 1. The van der Waals surface area contributed by atoms with E-state index in [1.54, 1.807) is 0 Å². The molecule has 22 heavy (non-hydrogen) atoms. The molecule has 1 aromatic carbocycles. The van der Waals surface area contributed by atoms with Crippen molar-refractivity contribution >= 4 is 27.8 Å². The maximum atomic E-state index is 12.4. The number of nitrogens with zero attached hydrogens (tertiary/aromatic N) is 1. The van der Waals surface area contributed by atoms with Gasteiger partial charge in [-0.3, -0.25) is 9.59 Å². The second-order valence-corrected chi connectivity index (χ2v) is 6.45. The summed E-state index contributed by atoms with van der Waals surface area (Å²) in [6.07, 6.45) is 2.12. The van der Waals surface area contributed by atoms with Crippen LogP contribution in [0.4, 0.5) is 0 Å².